The Bertz CT molecular complexity index is 1150. The van der Waals surface area contributed by atoms with Gasteiger partial charge in [-0.2, -0.15) is 13.2 Å². The van der Waals surface area contributed by atoms with Gasteiger partial charge in [0, 0.05) is 19.2 Å². The van der Waals surface area contributed by atoms with Crippen molar-refractivity contribution in [2.24, 2.45) is 0 Å². The van der Waals surface area contributed by atoms with Gasteiger partial charge in [0.15, 0.2) is 0 Å². The second kappa shape index (κ2) is 9.53. The molecule has 3 N–H and O–H groups in total. The van der Waals surface area contributed by atoms with Crippen LogP contribution in [0.25, 0.3) is 10.2 Å². The van der Waals surface area contributed by atoms with Gasteiger partial charge in [0.2, 0.25) is 5.91 Å². The molecule has 0 fully saturated rings. The third-order valence-electron chi connectivity index (χ3n) is 4.73. The molecule has 2 aromatic carbocycles. The molecule has 1 amide bonds. The molecule has 0 bridgehead atoms. The number of carbonyl (C=O) groups excluding carboxylic acids is 1. The van der Waals surface area contributed by atoms with E-state index in [0.29, 0.717) is 18.0 Å². The number of hydrogen-bond donors (Lipinski definition) is 3. The molecule has 1 unspecified atom stereocenters. The number of thiazole rings is 1. The van der Waals surface area contributed by atoms with E-state index in [1.165, 1.54) is 5.56 Å². The van der Waals surface area contributed by atoms with E-state index < -0.39 is 12.1 Å². The number of carboxylic acids is 1. The standard InChI is InChI=1S/C19H19N3O2S.C2HF3O2/c1-11-21-16-7-17(24-2)15(8-18(16)25-11)22-19(23)14-10-20-9-12-5-3-4-6-13(12)14;3-2(4,5)1(6)7/h3-8,14,20H,9-10H2,1-2H3,(H,22,23);(H,6,7). The maximum absolute atomic E-state index is 12.9. The highest BCUT2D eigenvalue weighted by molar-refractivity contribution is 7.18. The number of hydrogen-bond acceptors (Lipinski definition) is 6. The fourth-order valence-electron chi connectivity index (χ4n) is 3.29. The number of anilines is 1. The molecule has 0 saturated heterocycles. The molecule has 3 aromatic rings. The summed E-state index contributed by atoms with van der Waals surface area (Å²) in [6.45, 7) is 3.41. The van der Waals surface area contributed by atoms with Gasteiger partial charge in [-0.1, -0.05) is 24.3 Å². The number of ether oxygens (including phenoxy) is 1. The molecule has 1 aromatic heterocycles. The van der Waals surface area contributed by atoms with Crippen LogP contribution in [0.5, 0.6) is 5.75 Å². The zero-order valence-electron chi connectivity index (χ0n) is 17.1. The van der Waals surface area contributed by atoms with Gasteiger partial charge < -0.3 is 20.5 Å². The molecule has 1 atom stereocenters. The van der Waals surface area contributed by atoms with Crippen LogP contribution in [0.3, 0.4) is 0 Å². The first-order valence-corrected chi connectivity index (χ1v) is 10.3. The van der Waals surface area contributed by atoms with E-state index in [2.05, 4.69) is 21.7 Å². The normalized spacial score (nSPS) is 15.3. The molecule has 170 valence electrons. The van der Waals surface area contributed by atoms with E-state index in [9.17, 15) is 18.0 Å². The van der Waals surface area contributed by atoms with Gasteiger partial charge in [-0.05, 0) is 24.1 Å². The molecule has 32 heavy (non-hydrogen) atoms. The van der Waals surface area contributed by atoms with Gasteiger partial charge in [-0.3, -0.25) is 4.79 Å². The summed E-state index contributed by atoms with van der Waals surface area (Å²) in [5, 5.41) is 14.5. The molecule has 7 nitrogen and oxygen atoms in total. The van der Waals surface area contributed by atoms with Crippen molar-refractivity contribution in [2.45, 2.75) is 25.6 Å². The Hall–Kier alpha value is -3.18. The summed E-state index contributed by atoms with van der Waals surface area (Å²) in [6.07, 6.45) is -5.08. The quantitative estimate of drug-likeness (QED) is 0.537. The highest BCUT2D eigenvalue weighted by atomic mass is 32.1. The van der Waals surface area contributed by atoms with Crippen LogP contribution in [0, 0.1) is 6.92 Å². The van der Waals surface area contributed by atoms with Crippen molar-refractivity contribution in [2.75, 3.05) is 19.0 Å². The summed E-state index contributed by atoms with van der Waals surface area (Å²) in [5.41, 5.74) is 3.84. The maximum atomic E-state index is 12.9. The van der Waals surface area contributed by atoms with Gasteiger partial charge >= 0.3 is 12.1 Å². The van der Waals surface area contributed by atoms with Gasteiger partial charge in [0.25, 0.3) is 0 Å². The van der Waals surface area contributed by atoms with Crippen molar-refractivity contribution < 1.29 is 32.6 Å². The first kappa shape index (κ1) is 23.5. The van der Waals surface area contributed by atoms with E-state index in [1.807, 2.05) is 37.3 Å². The number of alkyl halides is 3. The number of aryl methyl sites for hydroxylation is 1. The number of nitrogens with one attached hydrogen (secondary N) is 2. The molecular weight excluding hydrogens is 447 g/mol. The van der Waals surface area contributed by atoms with E-state index in [1.54, 1.807) is 18.4 Å². The van der Waals surface area contributed by atoms with Crippen LogP contribution in [-0.4, -0.2) is 41.8 Å². The second-order valence-electron chi connectivity index (χ2n) is 6.93. The van der Waals surface area contributed by atoms with Crippen LogP contribution in [-0.2, 0) is 16.1 Å². The van der Waals surface area contributed by atoms with E-state index >= 15 is 0 Å². The number of halogens is 3. The van der Waals surface area contributed by atoms with Crippen LogP contribution in [0.1, 0.15) is 22.1 Å². The van der Waals surface area contributed by atoms with Crippen molar-refractivity contribution in [3.8, 4) is 5.75 Å². The Balaban J connectivity index is 0.000000360. The average molecular weight is 467 g/mol. The minimum Gasteiger partial charge on any atom is -0.494 e. The van der Waals surface area contributed by atoms with E-state index in [4.69, 9.17) is 14.6 Å². The molecule has 11 heteroatoms. The molecule has 0 aliphatic carbocycles. The number of carbonyl (C=O) groups is 2. The van der Waals surface area contributed by atoms with Gasteiger partial charge in [-0.15, -0.1) is 11.3 Å². The first-order chi connectivity index (χ1) is 15.1. The zero-order chi connectivity index (χ0) is 23.5. The molecular formula is C21H20F3N3O4S. The molecule has 1 aliphatic heterocycles. The van der Waals surface area contributed by atoms with Crippen molar-refractivity contribution in [1.82, 2.24) is 10.3 Å². The van der Waals surface area contributed by atoms with Crippen LogP contribution in [0.4, 0.5) is 18.9 Å². The topological polar surface area (TPSA) is 101 Å². The van der Waals surface area contributed by atoms with Crippen LogP contribution in [0.15, 0.2) is 36.4 Å². The minimum absolute atomic E-state index is 0.0291. The Kier molecular flexibility index (Phi) is 6.99. The number of nitrogens with zero attached hydrogens (tertiary/aromatic N) is 1. The third-order valence-corrected chi connectivity index (χ3v) is 5.66. The molecule has 2 heterocycles. The number of rotatable bonds is 3. The Morgan fingerprint density at radius 3 is 2.62 bits per heavy atom. The minimum atomic E-state index is -5.08. The smallest absolute Gasteiger partial charge is 0.490 e. The monoisotopic (exact) mass is 467 g/mol. The second-order valence-corrected chi connectivity index (χ2v) is 8.16. The lowest BCUT2D eigenvalue weighted by Gasteiger charge is -2.25. The van der Waals surface area contributed by atoms with Gasteiger partial charge in [0.05, 0.1) is 33.9 Å². The van der Waals surface area contributed by atoms with E-state index in [0.717, 1.165) is 27.3 Å². The first-order valence-electron chi connectivity index (χ1n) is 9.44. The zero-order valence-corrected chi connectivity index (χ0v) is 17.9. The summed E-state index contributed by atoms with van der Waals surface area (Å²) >= 11 is 1.61. The molecule has 4 rings (SSSR count). The number of amides is 1. The average Bonchev–Trinajstić information content (AvgIpc) is 3.11. The highest BCUT2D eigenvalue weighted by Gasteiger charge is 2.38. The van der Waals surface area contributed by atoms with Crippen molar-refractivity contribution in [1.29, 1.82) is 0 Å². The fraction of sp³-hybridized carbons (Fsp3) is 0.286. The largest absolute Gasteiger partial charge is 0.494 e. The van der Waals surface area contributed by atoms with Crippen molar-refractivity contribution >= 4 is 39.1 Å². The Labute approximate surface area is 185 Å². The predicted molar refractivity (Wildman–Crippen MR) is 114 cm³/mol. The maximum Gasteiger partial charge on any atom is 0.490 e. The number of aromatic nitrogens is 1. The predicted octanol–water partition coefficient (Wildman–Crippen LogP) is 4.07. The summed E-state index contributed by atoms with van der Waals surface area (Å²) in [5.74, 6) is -2.37. The van der Waals surface area contributed by atoms with Gasteiger partial charge in [-0.25, -0.2) is 9.78 Å². The van der Waals surface area contributed by atoms with E-state index in [-0.39, 0.29) is 11.8 Å². The molecule has 0 spiro atoms. The number of fused-ring (bicyclic) bond motifs is 2. The SMILES string of the molecule is COc1cc2nc(C)sc2cc1NC(=O)C1CNCc2ccccc21.O=C(O)C(F)(F)F. The molecule has 0 saturated carbocycles. The number of benzene rings is 2. The summed E-state index contributed by atoms with van der Waals surface area (Å²) in [4.78, 5) is 26.3. The molecule has 0 radical (unpaired) electrons. The highest BCUT2D eigenvalue weighted by Crippen LogP contribution is 2.34. The third kappa shape index (κ3) is 5.35. The van der Waals surface area contributed by atoms with Crippen LogP contribution in [0.2, 0.25) is 0 Å². The summed E-state index contributed by atoms with van der Waals surface area (Å²) in [7, 11) is 1.60. The lowest BCUT2D eigenvalue weighted by atomic mass is 9.90. The Morgan fingerprint density at radius 2 is 1.97 bits per heavy atom. The lowest BCUT2D eigenvalue weighted by molar-refractivity contribution is -0.192. The number of aliphatic carboxylic acids is 1. The van der Waals surface area contributed by atoms with Crippen molar-refractivity contribution in [3.63, 3.8) is 0 Å². The molecule has 1 aliphatic rings. The van der Waals surface area contributed by atoms with Crippen LogP contribution >= 0.6 is 11.3 Å². The lowest BCUT2D eigenvalue weighted by Crippen LogP contribution is -2.35. The summed E-state index contributed by atoms with van der Waals surface area (Å²) in [6, 6.07) is 11.9. The fourth-order valence-corrected chi connectivity index (χ4v) is 4.13. The number of methoxy groups -OCH3 is 1. The summed E-state index contributed by atoms with van der Waals surface area (Å²) < 4.78 is 38.2. The van der Waals surface area contributed by atoms with Gasteiger partial charge in [0.1, 0.15) is 5.75 Å². The van der Waals surface area contributed by atoms with Crippen LogP contribution < -0.4 is 15.4 Å². The Morgan fingerprint density at radius 1 is 1.28 bits per heavy atom. The number of carboxylic acid groups (broad SMARTS) is 1. The van der Waals surface area contributed by atoms with Crippen molar-refractivity contribution in [3.05, 3.63) is 52.5 Å².